The molecule has 1 aliphatic rings. The molecule has 2 aromatic carbocycles. The molecule has 1 saturated heterocycles. The van der Waals surface area contributed by atoms with Crippen molar-refractivity contribution in [2.24, 2.45) is 5.16 Å². The van der Waals surface area contributed by atoms with E-state index in [2.05, 4.69) is 20.8 Å². The van der Waals surface area contributed by atoms with E-state index in [1.807, 2.05) is 66.7 Å². The van der Waals surface area contributed by atoms with Crippen LogP contribution in [0.1, 0.15) is 23.2 Å². The van der Waals surface area contributed by atoms with Gasteiger partial charge in [-0.05, 0) is 41.5 Å². The van der Waals surface area contributed by atoms with Gasteiger partial charge in [0.1, 0.15) is 7.11 Å². The van der Waals surface area contributed by atoms with Crippen molar-refractivity contribution in [1.82, 2.24) is 15.2 Å². The number of nitrogens with zero attached hydrogens (tertiary/aromatic N) is 3. The summed E-state index contributed by atoms with van der Waals surface area (Å²) in [6.45, 7) is 1.44. The van der Waals surface area contributed by atoms with Crippen molar-refractivity contribution in [3.05, 3.63) is 84.7 Å². The lowest BCUT2D eigenvalue weighted by Crippen LogP contribution is -2.40. The molecule has 4 rings (SSSR count). The lowest BCUT2D eigenvalue weighted by molar-refractivity contribution is -0.121. The first-order chi connectivity index (χ1) is 17.1. The van der Waals surface area contributed by atoms with Crippen LogP contribution in [0.4, 0.5) is 5.69 Å². The van der Waals surface area contributed by atoms with Crippen LogP contribution >= 0.6 is 0 Å². The number of hydrogen-bond acceptors (Lipinski definition) is 6. The van der Waals surface area contributed by atoms with Gasteiger partial charge in [-0.2, -0.15) is 0 Å². The minimum atomic E-state index is -0.281. The number of carbonyl (C=O) groups excluding carboxylic acids is 2. The summed E-state index contributed by atoms with van der Waals surface area (Å²) in [7, 11) is 1.48. The predicted octanol–water partition coefficient (Wildman–Crippen LogP) is 3.58. The van der Waals surface area contributed by atoms with E-state index in [9.17, 15) is 9.59 Å². The second-order valence-electron chi connectivity index (χ2n) is 8.30. The lowest BCUT2D eigenvalue weighted by atomic mass is 10.0. The number of carbonyl (C=O) groups is 2. The number of hydrogen-bond donors (Lipinski definition) is 2. The molecule has 3 aromatic rings. The summed E-state index contributed by atoms with van der Waals surface area (Å²) in [4.78, 5) is 36.7. The molecule has 0 bridgehead atoms. The fourth-order valence-electron chi connectivity index (χ4n) is 4.14. The smallest absolute Gasteiger partial charge is 0.254 e. The first-order valence-electron chi connectivity index (χ1n) is 11.6. The standard InChI is InChI=1S/C27H29N5O3/c1-35-31-24-16-25(17-26(33)30-15-14-29-23-7-3-2-4-8-23)32(19-24)27(34)21-11-9-20(10-12-21)22-6-5-13-28-18-22/h2-13,18,25,29H,14-17,19H2,1H3,(H,30,33)/t25-/m0/s1. The molecule has 180 valence electrons. The number of aromatic nitrogens is 1. The average molecular weight is 472 g/mol. The van der Waals surface area contributed by atoms with Gasteiger partial charge in [0.15, 0.2) is 0 Å². The van der Waals surface area contributed by atoms with E-state index in [1.54, 1.807) is 17.3 Å². The van der Waals surface area contributed by atoms with E-state index >= 15 is 0 Å². The normalized spacial score (nSPS) is 16.2. The largest absolute Gasteiger partial charge is 0.399 e. The summed E-state index contributed by atoms with van der Waals surface area (Å²) < 4.78 is 0. The first-order valence-corrected chi connectivity index (χ1v) is 11.6. The van der Waals surface area contributed by atoms with E-state index in [1.165, 1.54) is 7.11 Å². The third-order valence-electron chi connectivity index (χ3n) is 5.84. The van der Waals surface area contributed by atoms with E-state index in [0.29, 0.717) is 31.6 Å². The average Bonchev–Trinajstić information content (AvgIpc) is 3.29. The summed E-state index contributed by atoms with van der Waals surface area (Å²) in [6.07, 6.45) is 4.22. The predicted molar refractivity (Wildman–Crippen MR) is 136 cm³/mol. The van der Waals surface area contributed by atoms with Crippen LogP contribution in [-0.2, 0) is 9.63 Å². The Morgan fingerprint density at radius 2 is 1.83 bits per heavy atom. The molecule has 1 aromatic heterocycles. The Hall–Kier alpha value is -4.20. The highest BCUT2D eigenvalue weighted by atomic mass is 16.6. The number of nitrogens with one attached hydrogen (secondary N) is 2. The highest BCUT2D eigenvalue weighted by molar-refractivity contribution is 6.01. The van der Waals surface area contributed by atoms with Crippen LogP contribution < -0.4 is 10.6 Å². The zero-order valence-electron chi connectivity index (χ0n) is 19.7. The number of anilines is 1. The molecule has 1 atom stereocenters. The van der Waals surface area contributed by atoms with Crippen molar-refractivity contribution in [1.29, 1.82) is 0 Å². The zero-order valence-corrected chi connectivity index (χ0v) is 19.7. The summed E-state index contributed by atoms with van der Waals surface area (Å²) in [6, 6.07) is 20.8. The van der Waals surface area contributed by atoms with Crippen LogP contribution in [-0.4, -0.2) is 60.2 Å². The molecule has 0 unspecified atom stereocenters. The Balaban J connectivity index is 1.36. The van der Waals surface area contributed by atoms with E-state index in [-0.39, 0.29) is 24.3 Å². The Labute approximate surface area is 205 Å². The van der Waals surface area contributed by atoms with E-state index in [4.69, 9.17) is 4.84 Å². The Morgan fingerprint density at radius 3 is 2.54 bits per heavy atom. The highest BCUT2D eigenvalue weighted by Gasteiger charge is 2.35. The summed E-state index contributed by atoms with van der Waals surface area (Å²) in [5.41, 5.74) is 4.28. The topological polar surface area (TPSA) is 95.9 Å². The van der Waals surface area contributed by atoms with Gasteiger partial charge in [-0.15, -0.1) is 0 Å². The molecule has 35 heavy (non-hydrogen) atoms. The van der Waals surface area contributed by atoms with Gasteiger partial charge >= 0.3 is 0 Å². The van der Waals surface area contributed by atoms with Gasteiger partial charge in [0.05, 0.1) is 12.3 Å². The number of benzene rings is 2. The van der Waals surface area contributed by atoms with Crippen LogP contribution in [0.5, 0.6) is 0 Å². The molecule has 8 nitrogen and oxygen atoms in total. The summed E-state index contributed by atoms with van der Waals surface area (Å²) in [5.74, 6) is -0.235. The number of rotatable bonds is 9. The van der Waals surface area contributed by atoms with Crippen molar-refractivity contribution in [2.75, 3.05) is 32.1 Å². The van der Waals surface area contributed by atoms with Gasteiger partial charge in [0.25, 0.3) is 5.91 Å². The second-order valence-corrected chi connectivity index (χ2v) is 8.30. The van der Waals surface area contributed by atoms with Gasteiger partial charge in [-0.25, -0.2) is 0 Å². The van der Waals surface area contributed by atoms with Crippen molar-refractivity contribution < 1.29 is 14.4 Å². The Kier molecular flexibility index (Phi) is 8.06. The molecular weight excluding hydrogens is 442 g/mol. The van der Waals surface area contributed by atoms with E-state index < -0.39 is 0 Å². The van der Waals surface area contributed by atoms with Crippen molar-refractivity contribution in [3.8, 4) is 11.1 Å². The number of amides is 2. The van der Waals surface area contributed by atoms with Crippen LogP contribution in [0.2, 0.25) is 0 Å². The van der Waals surface area contributed by atoms with Gasteiger partial charge < -0.3 is 20.4 Å². The lowest BCUT2D eigenvalue weighted by Gasteiger charge is -2.24. The van der Waals surface area contributed by atoms with E-state index in [0.717, 1.165) is 22.5 Å². The molecule has 0 aliphatic carbocycles. The molecule has 1 aliphatic heterocycles. The minimum absolute atomic E-state index is 0.103. The van der Waals surface area contributed by atoms with Crippen molar-refractivity contribution in [3.63, 3.8) is 0 Å². The highest BCUT2D eigenvalue weighted by Crippen LogP contribution is 2.24. The molecule has 1 fully saturated rings. The fourth-order valence-corrected chi connectivity index (χ4v) is 4.14. The monoisotopic (exact) mass is 471 g/mol. The number of oxime groups is 1. The first kappa shape index (κ1) is 23.9. The maximum absolute atomic E-state index is 13.3. The molecular formula is C27H29N5O3. The molecule has 2 N–H and O–H groups in total. The Morgan fingerprint density at radius 1 is 1.03 bits per heavy atom. The summed E-state index contributed by atoms with van der Waals surface area (Å²) >= 11 is 0. The van der Waals surface area contributed by atoms with Gasteiger partial charge in [-0.1, -0.05) is 41.6 Å². The number of para-hydroxylation sites is 1. The third-order valence-corrected chi connectivity index (χ3v) is 5.84. The molecule has 2 heterocycles. The van der Waals surface area contributed by atoms with Gasteiger partial charge in [0.2, 0.25) is 5.91 Å². The zero-order chi connectivity index (χ0) is 24.5. The molecule has 0 radical (unpaired) electrons. The maximum Gasteiger partial charge on any atom is 0.254 e. The SMILES string of the molecule is CON=C1C[C@@H](CC(=O)NCCNc2ccccc2)N(C(=O)c2ccc(-c3cccnc3)cc2)C1. The van der Waals surface area contributed by atoms with Crippen LogP contribution in [0.25, 0.3) is 11.1 Å². The fraction of sp³-hybridized carbons (Fsp3) is 0.259. The minimum Gasteiger partial charge on any atom is -0.399 e. The van der Waals surface area contributed by atoms with Crippen LogP contribution in [0.15, 0.2) is 84.3 Å². The molecule has 8 heteroatoms. The number of likely N-dealkylation sites (tertiary alicyclic amines) is 1. The maximum atomic E-state index is 13.3. The van der Waals surface area contributed by atoms with Crippen molar-refractivity contribution >= 4 is 23.2 Å². The van der Waals surface area contributed by atoms with Crippen molar-refractivity contribution in [2.45, 2.75) is 18.9 Å². The van der Waals surface area contributed by atoms with Gasteiger partial charge in [0, 0.05) is 55.6 Å². The Bertz CT molecular complexity index is 1150. The van der Waals surface area contributed by atoms with Crippen LogP contribution in [0, 0.1) is 0 Å². The number of pyridine rings is 1. The third kappa shape index (κ3) is 6.44. The van der Waals surface area contributed by atoms with Gasteiger partial charge in [-0.3, -0.25) is 14.6 Å². The quantitative estimate of drug-likeness (QED) is 0.367. The molecule has 0 saturated carbocycles. The van der Waals surface area contributed by atoms with Crippen LogP contribution in [0.3, 0.4) is 0 Å². The second kappa shape index (κ2) is 11.8. The molecule has 0 spiro atoms. The molecule has 2 amide bonds. The summed E-state index contributed by atoms with van der Waals surface area (Å²) in [5, 5.41) is 10.2.